The first kappa shape index (κ1) is 24.4. The highest BCUT2D eigenvalue weighted by atomic mass is 35.5. The molecule has 0 atom stereocenters. The highest BCUT2D eigenvalue weighted by Crippen LogP contribution is 2.59. The van der Waals surface area contributed by atoms with Crippen LogP contribution in [0.25, 0.3) is 10.9 Å². The number of carbonyl (C=O) groups excluding carboxylic acids is 1. The zero-order valence-electron chi connectivity index (χ0n) is 20.7. The molecule has 9 heteroatoms. The van der Waals surface area contributed by atoms with Gasteiger partial charge in [-0.25, -0.2) is 4.98 Å². The lowest BCUT2D eigenvalue weighted by atomic mass is 9.49. The highest BCUT2D eigenvalue weighted by molar-refractivity contribution is 7.86. The molecule has 7 nitrogen and oxygen atoms in total. The molecule has 1 N–H and O–H groups in total. The largest absolute Gasteiger partial charge is 0.356 e. The summed E-state index contributed by atoms with van der Waals surface area (Å²) in [6.45, 7) is 2.05. The number of anilines is 1. The highest BCUT2D eigenvalue weighted by Gasteiger charge is 2.50. The molecule has 1 saturated heterocycles. The van der Waals surface area contributed by atoms with E-state index in [0.29, 0.717) is 36.5 Å². The van der Waals surface area contributed by atoms with Crippen LogP contribution in [-0.4, -0.2) is 51.3 Å². The van der Waals surface area contributed by atoms with E-state index in [1.807, 2.05) is 18.2 Å². The molecule has 5 fully saturated rings. The third-order valence-electron chi connectivity index (χ3n) is 8.90. The number of nitrogens with zero attached hydrogens (tertiary/aromatic N) is 2. The van der Waals surface area contributed by atoms with Gasteiger partial charge in [0.2, 0.25) is 0 Å². The second kappa shape index (κ2) is 9.14. The van der Waals surface area contributed by atoms with Crippen LogP contribution < -0.4 is 10.2 Å². The second-order valence-corrected chi connectivity index (χ2v) is 13.8. The number of hydrogen-bond acceptors (Lipinski definition) is 6. The summed E-state index contributed by atoms with van der Waals surface area (Å²) >= 11 is 6.55. The Morgan fingerprint density at radius 1 is 1.08 bits per heavy atom. The zero-order chi connectivity index (χ0) is 25.1. The lowest BCUT2D eigenvalue weighted by molar-refractivity contribution is -0.0503. The minimum Gasteiger partial charge on any atom is -0.356 e. The topological polar surface area (TPSA) is 88.6 Å². The predicted octanol–water partition coefficient (Wildman–Crippen LogP) is 4.78. The molecular formula is C27H34ClN3O4S. The summed E-state index contributed by atoms with van der Waals surface area (Å²) < 4.78 is 28.0. The van der Waals surface area contributed by atoms with Crippen molar-refractivity contribution in [3.8, 4) is 0 Å². The minimum atomic E-state index is -3.45. The first-order valence-corrected chi connectivity index (χ1v) is 15.4. The Morgan fingerprint density at radius 3 is 2.33 bits per heavy atom. The fourth-order valence-electron chi connectivity index (χ4n) is 7.86. The minimum absolute atomic E-state index is 0.116. The summed E-state index contributed by atoms with van der Waals surface area (Å²) in [6.07, 6.45) is 9.94. The average molecular weight is 532 g/mol. The van der Waals surface area contributed by atoms with Gasteiger partial charge in [-0.05, 0) is 98.8 Å². The molecule has 4 bridgehead atoms. The molecule has 0 unspecified atom stereocenters. The summed E-state index contributed by atoms with van der Waals surface area (Å²) in [6, 6.07) is 7.47. The van der Waals surface area contributed by atoms with E-state index in [1.165, 1.54) is 38.5 Å². The first-order valence-electron chi connectivity index (χ1n) is 13.2. The van der Waals surface area contributed by atoms with Crippen LogP contribution >= 0.6 is 11.6 Å². The van der Waals surface area contributed by atoms with Gasteiger partial charge in [-0.15, -0.1) is 0 Å². The molecule has 4 aliphatic carbocycles. The van der Waals surface area contributed by atoms with Crippen LogP contribution in [0.3, 0.4) is 0 Å². The maximum Gasteiger partial charge on any atom is 0.264 e. The van der Waals surface area contributed by atoms with E-state index in [9.17, 15) is 13.2 Å². The van der Waals surface area contributed by atoms with Gasteiger partial charge in [0.05, 0.1) is 28.5 Å². The Morgan fingerprint density at radius 2 is 1.72 bits per heavy atom. The van der Waals surface area contributed by atoms with Gasteiger partial charge < -0.3 is 10.2 Å². The molecule has 1 aliphatic heterocycles. The van der Waals surface area contributed by atoms with Crippen molar-refractivity contribution in [3.63, 3.8) is 0 Å². The molecule has 0 spiro atoms. The Kier molecular flexibility index (Phi) is 6.20. The maximum atomic E-state index is 13.4. The molecule has 1 amide bonds. The van der Waals surface area contributed by atoms with Crippen molar-refractivity contribution in [1.29, 1.82) is 0 Å². The molecule has 2 heterocycles. The van der Waals surface area contributed by atoms with Crippen LogP contribution in [0.4, 0.5) is 5.82 Å². The van der Waals surface area contributed by atoms with Crippen molar-refractivity contribution in [2.45, 2.75) is 57.5 Å². The van der Waals surface area contributed by atoms with Crippen LogP contribution in [0.15, 0.2) is 24.3 Å². The normalized spacial score (nSPS) is 30.2. The number of hydrogen-bond donors (Lipinski definition) is 1. The summed E-state index contributed by atoms with van der Waals surface area (Å²) in [4.78, 5) is 20.4. The van der Waals surface area contributed by atoms with Crippen molar-refractivity contribution in [2.75, 3.05) is 30.8 Å². The lowest BCUT2D eigenvalue weighted by Crippen LogP contribution is -2.51. The average Bonchev–Trinajstić information content (AvgIpc) is 2.81. The quantitative estimate of drug-likeness (QED) is 0.540. The van der Waals surface area contributed by atoms with E-state index in [-0.39, 0.29) is 17.4 Å². The van der Waals surface area contributed by atoms with Crippen LogP contribution in [-0.2, 0) is 14.3 Å². The fourth-order valence-corrected chi connectivity index (χ4v) is 8.80. The van der Waals surface area contributed by atoms with Gasteiger partial charge in [0, 0.05) is 25.0 Å². The van der Waals surface area contributed by atoms with E-state index in [0.717, 1.165) is 47.3 Å². The fraction of sp³-hybridized carbons (Fsp3) is 0.630. The van der Waals surface area contributed by atoms with Gasteiger partial charge >= 0.3 is 0 Å². The number of aromatic nitrogens is 1. The number of halogens is 1. The Hall–Kier alpha value is -1.90. The van der Waals surface area contributed by atoms with Crippen LogP contribution in [0, 0.1) is 23.2 Å². The van der Waals surface area contributed by atoms with Gasteiger partial charge in [-0.1, -0.05) is 11.6 Å². The van der Waals surface area contributed by atoms with E-state index < -0.39 is 10.1 Å². The van der Waals surface area contributed by atoms with Gasteiger partial charge in [-0.2, -0.15) is 8.42 Å². The van der Waals surface area contributed by atoms with Gasteiger partial charge in [0.1, 0.15) is 5.82 Å². The van der Waals surface area contributed by atoms with E-state index in [1.54, 1.807) is 6.07 Å². The smallest absolute Gasteiger partial charge is 0.264 e. The summed E-state index contributed by atoms with van der Waals surface area (Å²) in [5.41, 5.74) is 1.49. The number of nitrogens with one attached hydrogen (secondary N) is 1. The molecule has 1 aromatic carbocycles. The van der Waals surface area contributed by atoms with Crippen molar-refractivity contribution < 1.29 is 17.4 Å². The van der Waals surface area contributed by atoms with Gasteiger partial charge in [0.15, 0.2) is 0 Å². The first-order chi connectivity index (χ1) is 17.2. The number of carbonyl (C=O) groups is 1. The van der Waals surface area contributed by atoms with E-state index in [2.05, 4.69) is 10.2 Å². The Bertz CT molecular complexity index is 1250. The van der Waals surface area contributed by atoms with E-state index in [4.69, 9.17) is 20.8 Å². The molecule has 5 aliphatic rings. The number of fused-ring (bicyclic) bond motifs is 1. The molecule has 0 radical (unpaired) electrons. The monoisotopic (exact) mass is 531 g/mol. The lowest BCUT2D eigenvalue weighted by Gasteiger charge is -2.56. The third-order valence-corrected chi connectivity index (χ3v) is 9.84. The molecule has 1 aromatic heterocycles. The number of amides is 1. The number of benzene rings is 1. The SMILES string of the molecule is CS(=O)(=O)OC1CCN(c2ccc3c(C(=O)NCC45CC6CC(CC(C6)C4)C5)c(Cl)ccc3n2)CC1. The van der Waals surface area contributed by atoms with Crippen molar-refractivity contribution in [2.24, 2.45) is 23.2 Å². The Balaban J connectivity index is 1.17. The van der Waals surface area contributed by atoms with Gasteiger partial charge in [0.25, 0.3) is 16.0 Å². The third kappa shape index (κ3) is 4.84. The molecule has 194 valence electrons. The van der Waals surface area contributed by atoms with Crippen molar-refractivity contribution in [1.82, 2.24) is 10.3 Å². The predicted molar refractivity (Wildman–Crippen MR) is 141 cm³/mol. The molecule has 7 rings (SSSR count). The van der Waals surface area contributed by atoms with Crippen LogP contribution in [0.1, 0.15) is 61.7 Å². The van der Waals surface area contributed by atoms with Crippen LogP contribution in [0.5, 0.6) is 0 Å². The molecule has 36 heavy (non-hydrogen) atoms. The molecular weight excluding hydrogens is 498 g/mol. The summed E-state index contributed by atoms with van der Waals surface area (Å²) in [5.74, 6) is 3.23. The molecule has 2 aromatic rings. The van der Waals surface area contributed by atoms with Gasteiger partial charge in [-0.3, -0.25) is 8.98 Å². The summed E-state index contributed by atoms with van der Waals surface area (Å²) in [5, 5.41) is 4.46. The van der Waals surface area contributed by atoms with Crippen LogP contribution in [0.2, 0.25) is 5.02 Å². The molecule has 4 saturated carbocycles. The second-order valence-electron chi connectivity index (χ2n) is 11.7. The Labute approximate surface area is 218 Å². The maximum absolute atomic E-state index is 13.4. The number of pyridine rings is 1. The van der Waals surface area contributed by atoms with E-state index >= 15 is 0 Å². The van der Waals surface area contributed by atoms with Crippen molar-refractivity contribution in [3.05, 3.63) is 34.9 Å². The standard InChI is InChI=1S/C27H34ClN3O4S/c1-36(33,34)35-20-6-8-31(9-7-20)24-5-2-21-23(30-24)4-3-22(28)25(21)26(32)29-16-27-13-17-10-18(14-27)12-19(11-17)15-27/h2-5,17-20H,6-16H2,1H3,(H,29,32). The zero-order valence-corrected chi connectivity index (χ0v) is 22.3. The number of piperidine rings is 1. The summed E-state index contributed by atoms with van der Waals surface area (Å²) in [7, 11) is -3.45. The number of rotatable bonds is 6. The van der Waals surface area contributed by atoms with Crippen molar-refractivity contribution >= 4 is 44.3 Å².